The fraction of sp³-hybridized carbons (Fsp3) is 0.200. The van der Waals surface area contributed by atoms with E-state index in [1.54, 1.807) is 24.5 Å². The van der Waals surface area contributed by atoms with Crippen LogP contribution in [0.3, 0.4) is 0 Å². The Hall–Kier alpha value is -2.20. The minimum absolute atomic E-state index is 0.127. The van der Waals surface area contributed by atoms with Crippen molar-refractivity contribution in [2.24, 2.45) is 0 Å². The molecule has 2 rings (SSSR count). The molecule has 2 aromatic rings. The van der Waals surface area contributed by atoms with Crippen molar-refractivity contribution in [3.63, 3.8) is 0 Å². The van der Waals surface area contributed by atoms with Crippen LogP contribution in [0.4, 0.5) is 5.69 Å². The van der Waals surface area contributed by atoms with E-state index in [0.717, 1.165) is 11.3 Å². The number of pyridine rings is 1. The van der Waals surface area contributed by atoms with Crippen LogP contribution in [-0.2, 0) is 0 Å². The molecule has 0 fully saturated rings. The summed E-state index contributed by atoms with van der Waals surface area (Å²) in [6, 6.07) is 11.3. The molecule has 0 aliphatic rings. The lowest BCUT2D eigenvalue weighted by atomic mass is 10.1. The van der Waals surface area contributed by atoms with Gasteiger partial charge >= 0.3 is 0 Å². The van der Waals surface area contributed by atoms with Gasteiger partial charge in [-0.05, 0) is 37.7 Å². The highest BCUT2D eigenvalue weighted by Gasteiger charge is 2.11. The minimum atomic E-state index is -0.127. The molecule has 0 saturated carbocycles. The molecule has 1 atom stereocenters. The molecular weight excluding hydrogens is 238 g/mol. The monoisotopic (exact) mass is 255 g/mol. The predicted molar refractivity (Wildman–Crippen MR) is 76.1 cm³/mol. The standard InChI is InChI=1S/C15H17N3O/c1-11(16-2)13-5-3-4-6-14(13)18-15(19)12-7-9-17-10-8-12/h3-11,16H,1-2H3,(H,18,19). The molecule has 0 spiro atoms. The van der Waals surface area contributed by atoms with Gasteiger partial charge in [0.1, 0.15) is 0 Å². The highest BCUT2D eigenvalue weighted by atomic mass is 16.1. The maximum atomic E-state index is 12.1. The first-order valence-corrected chi connectivity index (χ1v) is 6.20. The van der Waals surface area contributed by atoms with Gasteiger partial charge in [-0.15, -0.1) is 0 Å². The topological polar surface area (TPSA) is 54.0 Å². The summed E-state index contributed by atoms with van der Waals surface area (Å²) < 4.78 is 0. The maximum Gasteiger partial charge on any atom is 0.255 e. The number of carbonyl (C=O) groups is 1. The van der Waals surface area contributed by atoms with Crippen LogP contribution in [0.1, 0.15) is 28.9 Å². The number of carbonyl (C=O) groups excluding carboxylic acids is 1. The van der Waals surface area contributed by atoms with Gasteiger partial charge in [0.2, 0.25) is 0 Å². The van der Waals surface area contributed by atoms with Gasteiger partial charge in [-0.25, -0.2) is 0 Å². The highest BCUT2D eigenvalue weighted by molar-refractivity contribution is 6.04. The van der Waals surface area contributed by atoms with Crippen molar-refractivity contribution in [3.8, 4) is 0 Å². The van der Waals surface area contributed by atoms with E-state index >= 15 is 0 Å². The third kappa shape index (κ3) is 3.17. The third-order valence-electron chi connectivity index (χ3n) is 3.05. The smallest absolute Gasteiger partial charge is 0.255 e. The van der Waals surface area contributed by atoms with Crippen LogP contribution in [0.25, 0.3) is 0 Å². The predicted octanol–water partition coefficient (Wildman–Crippen LogP) is 2.61. The van der Waals surface area contributed by atoms with Gasteiger partial charge in [-0.2, -0.15) is 0 Å². The molecule has 1 unspecified atom stereocenters. The Balaban J connectivity index is 2.22. The van der Waals surface area contributed by atoms with E-state index in [0.29, 0.717) is 5.56 Å². The average molecular weight is 255 g/mol. The van der Waals surface area contributed by atoms with Gasteiger partial charge in [-0.3, -0.25) is 9.78 Å². The number of nitrogens with zero attached hydrogens (tertiary/aromatic N) is 1. The number of rotatable bonds is 4. The largest absolute Gasteiger partial charge is 0.322 e. The van der Waals surface area contributed by atoms with Crippen molar-refractivity contribution in [2.45, 2.75) is 13.0 Å². The van der Waals surface area contributed by atoms with E-state index in [-0.39, 0.29) is 11.9 Å². The van der Waals surface area contributed by atoms with Crippen LogP contribution >= 0.6 is 0 Å². The van der Waals surface area contributed by atoms with Crippen molar-refractivity contribution < 1.29 is 4.79 Å². The second kappa shape index (κ2) is 6.11. The lowest BCUT2D eigenvalue weighted by Crippen LogP contribution is -2.18. The first kappa shape index (κ1) is 13.2. The lowest BCUT2D eigenvalue weighted by Gasteiger charge is -2.16. The summed E-state index contributed by atoms with van der Waals surface area (Å²) in [4.78, 5) is 16.0. The molecule has 0 saturated heterocycles. The van der Waals surface area contributed by atoms with Gasteiger partial charge < -0.3 is 10.6 Å². The quantitative estimate of drug-likeness (QED) is 0.883. The van der Waals surface area contributed by atoms with Gasteiger partial charge in [-0.1, -0.05) is 18.2 Å². The zero-order valence-electron chi connectivity index (χ0n) is 11.1. The highest BCUT2D eigenvalue weighted by Crippen LogP contribution is 2.22. The Morgan fingerprint density at radius 3 is 2.53 bits per heavy atom. The van der Waals surface area contributed by atoms with Gasteiger partial charge in [0.05, 0.1) is 0 Å². The van der Waals surface area contributed by atoms with Crippen LogP contribution < -0.4 is 10.6 Å². The van der Waals surface area contributed by atoms with Crippen LogP contribution in [-0.4, -0.2) is 17.9 Å². The van der Waals surface area contributed by atoms with Crippen molar-refractivity contribution in [1.82, 2.24) is 10.3 Å². The van der Waals surface area contributed by atoms with E-state index < -0.39 is 0 Å². The van der Waals surface area contributed by atoms with Crippen molar-refractivity contribution in [3.05, 3.63) is 59.9 Å². The number of para-hydroxylation sites is 1. The lowest BCUT2D eigenvalue weighted by molar-refractivity contribution is 0.102. The molecule has 1 amide bonds. The molecule has 98 valence electrons. The number of hydrogen-bond acceptors (Lipinski definition) is 3. The summed E-state index contributed by atoms with van der Waals surface area (Å²) in [5.41, 5.74) is 2.49. The first-order chi connectivity index (χ1) is 9.22. The molecule has 0 radical (unpaired) electrons. The summed E-state index contributed by atoms with van der Waals surface area (Å²) in [7, 11) is 1.89. The van der Waals surface area contributed by atoms with Crippen molar-refractivity contribution in [1.29, 1.82) is 0 Å². The number of nitrogens with one attached hydrogen (secondary N) is 2. The minimum Gasteiger partial charge on any atom is -0.322 e. The number of anilines is 1. The summed E-state index contributed by atoms with van der Waals surface area (Å²) in [5.74, 6) is -0.127. The third-order valence-corrected chi connectivity index (χ3v) is 3.05. The van der Waals surface area contributed by atoms with Crippen molar-refractivity contribution >= 4 is 11.6 Å². The van der Waals surface area contributed by atoms with Gasteiger partial charge in [0.25, 0.3) is 5.91 Å². The summed E-state index contributed by atoms with van der Waals surface area (Å²) in [5, 5.41) is 6.11. The number of amides is 1. The fourth-order valence-electron chi connectivity index (χ4n) is 1.84. The van der Waals surface area contributed by atoms with Crippen LogP contribution in [0.15, 0.2) is 48.8 Å². The summed E-state index contributed by atoms with van der Waals surface area (Å²) in [6.07, 6.45) is 3.22. The van der Waals surface area contributed by atoms with Crippen LogP contribution in [0.2, 0.25) is 0 Å². The molecule has 0 bridgehead atoms. The van der Waals surface area contributed by atoms with Crippen molar-refractivity contribution in [2.75, 3.05) is 12.4 Å². The zero-order valence-corrected chi connectivity index (χ0v) is 11.1. The Labute approximate surface area is 112 Å². The fourth-order valence-corrected chi connectivity index (χ4v) is 1.84. The van der Waals surface area contributed by atoms with E-state index in [1.165, 1.54) is 0 Å². The molecule has 1 aromatic carbocycles. The molecule has 0 aliphatic heterocycles. The number of benzene rings is 1. The zero-order chi connectivity index (χ0) is 13.7. The molecule has 4 heteroatoms. The SMILES string of the molecule is CNC(C)c1ccccc1NC(=O)c1ccncc1. The second-order valence-electron chi connectivity index (χ2n) is 4.29. The molecule has 1 heterocycles. The Bertz CT molecular complexity index is 554. The van der Waals surface area contributed by atoms with E-state index in [2.05, 4.69) is 22.5 Å². The van der Waals surface area contributed by atoms with Gasteiger partial charge in [0, 0.05) is 29.7 Å². The van der Waals surface area contributed by atoms with E-state index in [9.17, 15) is 4.79 Å². The normalized spacial score (nSPS) is 11.9. The molecule has 19 heavy (non-hydrogen) atoms. The summed E-state index contributed by atoms with van der Waals surface area (Å²) >= 11 is 0. The molecule has 1 aromatic heterocycles. The van der Waals surface area contributed by atoms with E-state index in [1.807, 2.05) is 31.3 Å². The molecular formula is C15H17N3O. The molecule has 2 N–H and O–H groups in total. The Morgan fingerprint density at radius 1 is 1.16 bits per heavy atom. The Morgan fingerprint density at radius 2 is 1.84 bits per heavy atom. The van der Waals surface area contributed by atoms with Crippen LogP contribution in [0, 0.1) is 0 Å². The molecule has 0 aliphatic carbocycles. The number of aromatic nitrogens is 1. The van der Waals surface area contributed by atoms with Gasteiger partial charge in [0.15, 0.2) is 0 Å². The second-order valence-corrected chi connectivity index (χ2v) is 4.29. The number of hydrogen-bond donors (Lipinski definition) is 2. The van der Waals surface area contributed by atoms with Crippen LogP contribution in [0.5, 0.6) is 0 Å². The van der Waals surface area contributed by atoms with E-state index in [4.69, 9.17) is 0 Å². The maximum absolute atomic E-state index is 12.1. The first-order valence-electron chi connectivity index (χ1n) is 6.20. The Kier molecular flexibility index (Phi) is 4.26. The molecule has 4 nitrogen and oxygen atoms in total. The summed E-state index contributed by atoms with van der Waals surface area (Å²) in [6.45, 7) is 2.05. The average Bonchev–Trinajstić information content (AvgIpc) is 2.48.